The van der Waals surface area contributed by atoms with E-state index in [2.05, 4.69) is 18.3 Å². The fraction of sp³-hybridized carbons (Fsp3) is 0.571. The Labute approximate surface area is 111 Å². The van der Waals surface area contributed by atoms with Crippen molar-refractivity contribution in [3.05, 3.63) is 29.3 Å². The third kappa shape index (κ3) is 2.82. The van der Waals surface area contributed by atoms with Crippen LogP contribution in [0, 0.1) is 13.8 Å². The van der Waals surface area contributed by atoms with Crippen LogP contribution in [-0.2, 0) is 15.5 Å². The Balaban J connectivity index is 2.24. The van der Waals surface area contributed by atoms with Crippen molar-refractivity contribution in [3.8, 4) is 0 Å². The molecule has 0 amide bonds. The van der Waals surface area contributed by atoms with E-state index in [1.54, 1.807) is 0 Å². The van der Waals surface area contributed by atoms with Crippen molar-refractivity contribution in [1.29, 1.82) is 0 Å². The van der Waals surface area contributed by atoms with E-state index in [1.807, 2.05) is 26.1 Å². The predicted molar refractivity (Wildman–Crippen MR) is 74.4 cm³/mol. The van der Waals surface area contributed by atoms with Crippen molar-refractivity contribution in [2.24, 2.45) is 0 Å². The lowest BCUT2D eigenvalue weighted by atomic mass is 10.1. The maximum Gasteiger partial charge on any atom is 0.0782 e. The molecule has 0 bridgehead atoms. The Morgan fingerprint density at radius 3 is 2.83 bits per heavy atom. The fourth-order valence-electron chi connectivity index (χ4n) is 2.44. The molecule has 4 heteroatoms. The summed E-state index contributed by atoms with van der Waals surface area (Å²) in [6.45, 7) is 5.41. The van der Waals surface area contributed by atoms with Gasteiger partial charge in [0.15, 0.2) is 0 Å². The Morgan fingerprint density at radius 2 is 2.17 bits per heavy atom. The standard InChI is InChI=1S/C14H21NO2S/c1-10-4-5-13(11(2)8-10)18(16)14-9-17-7-6-12(14)15-3/h4-5,8,12,14-15H,6-7,9H2,1-3H3. The summed E-state index contributed by atoms with van der Waals surface area (Å²) in [4.78, 5) is 0.941. The zero-order valence-electron chi connectivity index (χ0n) is 11.2. The van der Waals surface area contributed by atoms with Crippen LogP contribution in [0.25, 0.3) is 0 Å². The number of rotatable bonds is 3. The minimum Gasteiger partial charge on any atom is -0.380 e. The maximum atomic E-state index is 12.7. The van der Waals surface area contributed by atoms with Crippen molar-refractivity contribution in [1.82, 2.24) is 5.32 Å². The van der Waals surface area contributed by atoms with Crippen LogP contribution in [0.3, 0.4) is 0 Å². The Bertz CT molecular complexity index is 447. The molecule has 1 fully saturated rings. The van der Waals surface area contributed by atoms with Crippen molar-refractivity contribution in [3.63, 3.8) is 0 Å². The molecule has 1 N–H and O–H groups in total. The van der Waals surface area contributed by atoms with Gasteiger partial charge in [0, 0.05) is 17.5 Å². The molecule has 0 aromatic heterocycles. The lowest BCUT2D eigenvalue weighted by Crippen LogP contribution is -2.47. The van der Waals surface area contributed by atoms with Gasteiger partial charge in [-0.1, -0.05) is 17.7 Å². The Morgan fingerprint density at radius 1 is 1.39 bits per heavy atom. The molecule has 3 unspecified atom stereocenters. The summed E-state index contributed by atoms with van der Waals surface area (Å²) in [5, 5.41) is 3.31. The monoisotopic (exact) mass is 267 g/mol. The summed E-state index contributed by atoms with van der Waals surface area (Å²) < 4.78 is 18.2. The maximum absolute atomic E-state index is 12.7. The topological polar surface area (TPSA) is 38.3 Å². The first-order valence-corrected chi connectivity index (χ1v) is 7.57. The second-order valence-corrected chi connectivity index (χ2v) is 6.50. The summed E-state index contributed by atoms with van der Waals surface area (Å²) in [6, 6.07) is 6.38. The smallest absolute Gasteiger partial charge is 0.0782 e. The highest BCUT2D eigenvalue weighted by Gasteiger charge is 2.30. The van der Waals surface area contributed by atoms with Gasteiger partial charge in [0.2, 0.25) is 0 Å². The van der Waals surface area contributed by atoms with Crippen LogP contribution in [0.5, 0.6) is 0 Å². The zero-order valence-corrected chi connectivity index (χ0v) is 12.0. The summed E-state index contributed by atoms with van der Waals surface area (Å²) >= 11 is 0. The SMILES string of the molecule is CNC1CCOCC1S(=O)c1ccc(C)cc1C. The first-order valence-electron chi connectivity index (χ1n) is 6.36. The summed E-state index contributed by atoms with van der Waals surface area (Å²) in [7, 11) is 0.926. The van der Waals surface area contributed by atoms with Gasteiger partial charge in [0.1, 0.15) is 0 Å². The molecule has 1 saturated heterocycles. The third-order valence-electron chi connectivity index (χ3n) is 3.50. The summed E-state index contributed by atoms with van der Waals surface area (Å²) in [5.41, 5.74) is 2.31. The van der Waals surface area contributed by atoms with E-state index in [9.17, 15) is 4.21 Å². The molecule has 1 heterocycles. The molecule has 1 aromatic carbocycles. The first-order chi connectivity index (χ1) is 8.63. The van der Waals surface area contributed by atoms with E-state index in [4.69, 9.17) is 4.74 Å². The van der Waals surface area contributed by atoms with E-state index < -0.39 is 10.8 Å². The number of ether oxygens (including phenoxy) is 1. The van der Waals surface area contributed by atoms with Crippen LogP contribution in [-0.4, -0.2) is 35.8 Å². The zero-order chi connectivity index (χ0) is 13.1. The predicted octanol–water partition coefficient (Wildman–Crippen LogP) is 1.79. The molecule has 0 radical (unpaired) electrons. The van der Waals surface area contributed by atoms with E-state index in [0.29, 0.717) is 6.61 Å². The van der Waals surface area contributed by atoms with Gasteiger partial charge in [-0.2, -0.15) is 0 Å². The molecule has 1 aliphatic heterocycles. The molecule has 18 heavy (non-hydrogen) atoms. The molecule has 2 rings (SSSR count). The number of nitrogens with one attached hydrogen (secondary N) is 1. The van der Waals surface area contributed by atoms with Crippen molar-refractivity contribution in [2.45, 2.75) is 36.5 Å². The fourth-order valence-corrected chi connectivity index (χ4v) is 4.14. The van der Waals surface area contributed by atoms with Crippen LogP contribution < -0.4 is 5.32 Å². The lowest BCUT2D eigenvalue weighted by Gasteiger charge is -2.30. The molecular formula is C14H21NO2S. The summed E-state index contributed by atoms with van der Waals surface area (Å²) in [6.07, 6.45) is 0.928. The molecule has 1 aromatic rings. The molecule has 3 atom stereocenters. The van der Waals surface area contributed by atoms with Gasteiger partial charge in [0.05, 0.1) is 22.7 Å². The van der Waals surface area contributed by atoms with Gasteiger partial charge in [-0.3, -0.25) is 4.21 Å². The van der Waals surface area contributed by atoms with Crippen molar-refractivity contribution >= 4 is 10.8 Å². The van der Waals surface area contributed by atoms with Crippen molar-refractivity contribution < 1.29 is 8.95 Å². The second-order valence-electron chi connectivity index (χ2n) is 4.86. The number of hydrogen-bond acceptors (Lipinski definition) is 3. The highest BCUT2D eigenvalue weighted by atomic mass is 32.2. The average molecular weight is 267 g/mol. The quantitative estimate of drug-likeness (QED) is 0.907. The molecule has 1 aliphatic rings. The van der Waals surface area contributed by atoms with Gasteiger partial charge in [-0.05, 0) is 38.9 Å². The number of aryl methyl sites for hydroxylation is 2. The van der Waals surface area contributed by atoms with Crippen LogP contribution in [0.2, 0.25) is 0 Å². The molecule has 3 nitrogen and oxygen atoms in total. The second kappa shape index (κ2) is 5.95. The van der Waals surface area contributed by atoms with Crippen LogP contribution >= 0.6 is 0 Å². The van der Waals surface area contributed by atoms with E-state index in [0.717, 1.165) is 23.5 Å². The largest absolute Gasteiger partial charge is 0.380 e. The minimum absolute atomic E-state index is 0.0464. The van der Waals surface area contributed by atoms with Gasteiger partial charge < -0.3 is 10.1 Å². The molecule has 100 valence electrons. The van der Waals surface area contributed by atoms with E-state index in [-0.39, 0.29) is 11.3 Å². The number of benzene rings is 1. The average Bonchev–Trinajstić information content (AvgIpc) is 2.38. The van der Waals surface area contributed by atoms with Gasteiger partial charge in [-0.25, -0.2) is 0 Å². The van der Waals surface area contributed by atoms with E-state index >= 15 is 0 Å². The number of hydrogen-bond donors (Lipinski definition) is 1. The van der Waals surface area contributed by atoms with Gasteiger partial charge in [-0.15, -0.1) is 0 Å². The molecular weight excluding hydrogens is 246 g/mol. The Hall–Kier alpha value is -0.710. The van der Waals surface area contributed by atoms with E-state index in [1.165, 1.54) is 5.56 Å². The molecule has 0 saturated carbocycles. The van der Waals surface area contributed by atoms with Crippen molar-refractivity contribution in [2.75, 3.05) is 20.3 Å². The van der Waals surface area contributed by atoms with Crippen LogP contribution in [0.4, 0.5) is 0 Å². The highest BCUT2D eigenvalue weighted by Crippen LogP contribution is 2.22. The van der Waals surface area contributed by atoms with Crippen LogP contribution in [0.1, 0.15) is 17.5 Å². The minimum atomic E-state index is -1.01. The lowest BCUT2D eigenvalue weighted by molar-refractivity contribution is 0.0838. The Kier molecular flexibility index (Phi) is 4.54. The first kappa shape index (κ1) is 13.7. The normalized spacial score (nSPS) is 25.9. The highest BCUT2D eigenvalue weighted by molar-refractivity contribution is 7.85. The van der Waals surface area contributed by atoms with Crippen LogP contribution in [0.15, 0.2) is 23.1 Å². The molecule has 0 aliphatic carbocycles. The van der Waals surface area contributed by atoms with Gasteiger partial charge in [0.25, 0.3) is 0 Å². The van der Waals surface area contributed by atoms with Gasteiger partial charge >= 0.3 is 0 Å². The third-order valence-corrected chi connectivity index (χ3v) is 5.40. The summed E-state index contributed by atoms with van der Waals surface area (Å²) in [5.74, 6) is 0. The molecule has 0 spiro atoms.